The molecule has 0 unspecified atom stereocenters. The second-order valence-electron chi connectivity index (χ2n) is 3.12. The minimum absolute atomic E-state index is 0. The number of aliphatic hydroxyl groups excluding tert-OH is 1. The van der Waals surface area contributed by atoms with Crippen LogP contribution in [0.2, 0.25) is 0 Å². The van der Waals surface area contributed by atoms with Gasteiger partial charge in [-0.05, 0) is 11.5 Å². The van der Waals surface area contributed by atoms with Gasteiger partial charge >= 0.3 is 17.1 Å². The molecular formula is C13H15FeNO2. The molecule has 0 atom stereocenters. The Kier molecular flexibility index (Phi) is 9.06. The molecule has 1 aliphatic carbocycles. The van der Waals surface area contributed by atoms with Crippen LogP contribution in [0.1, 0.15) is 0 Å². The molecule has 0 aromatic heterocycles. The Morgan fingerprint density at radius 3 is 2.24 bits per heavy atom. The Morgan fingerprint density at radius 2 is 1.82 bits per heavy atom. The van der Waals surface area contributed by atoms with E-state index in [4.69, 9.17) is 5.11 Å². The molecule has 0 amide bonds. The minimum Gasteiger partial charge on any atom is -0.860 e. The number of allylic oxidation sites excluding steroid dienone is 5. The molecule has 0 radical (unpaired) electrons. The Hall–Kier alpha value is -1.35. The van der Waals surface area contributed by atoms with Gasteiger partial charge in [0.25, 0.3) is 0 Å². The molecule has 1 aromatic carbocycles. The molecular weight excluding hydrogens is 258 g/mol. The SMILES string of the molecule is [Fe+2].[O-]C(NCCO)=C1C=CC=C1.c1cc[cH-]c1. The summed E-state index contributed by atoms with van der Waals surface area (Å²) >= 11 is 0. The van der Waals surface area contributed by atoms with Crippen LogP contribution in [-0.4, -0.2) is 18.3 Å². The van der Waals surface area contributed by atoms with Crippen molar-refractivity contribution in [1.82, 2.24) is 5.32 Å². The van der Waals surface area contributed by atoms with Gasteiger partial charge < -0.3 is 15.5 Å². The van der Waals surface area contributed by atoms with E-state index in [-0.39, 0.29) is 29.6 Å². The van der Waals surface area contributed by atoms with E-state index in [0.717, 1.165) is 0 Å². The first-order valence-corrected chi connectivity index (χ1v) is 5.12. The monoisotopic (exact) mass is 273 g/mol. The number of hydrogen-bond acceptors (Lipinski definition) is 3. The second kappa shape index (κ2) is 9.85. The first-order valence-electron chi connectivity index (χ1n) is 5.12. The zero-order valence-corrected chi connectivity index (χ0v) is 10.4. The number of hydrogen-bond donors (Lipinski definition) is 2. The third-order valence-corrected chi connectivity index (χ3v) is 1.88. The maximum Gasteiger partial charge on any atom is 2.00 e. The van der Waals surface area contributed by atoms with Gasteiger partial charge in [-0.2, -0.15) is 18.2 Å². The molecule has 0 fully saturated rings. The Balaban J connectivity index is 0.000000360. The standard InChI is InChI=1S/C8H11NO2.C5H5.Fe/c10-6-5-9-8(11)7-3-1-2-4-7;1-2-4-5-3-1;/h1-4,9-11H,5-6H2;1-5H;/q;-1;+2/p-1. The molecule has 0 spiro atoms. The van der Waals surface area contributed by atoms with Gasteiger partial charge in [0, 0.05) is 6.54 Å². The van der Waals surface area contributed by atoms with Gasteiger partial charge in [0.1, 0.15) is 0 Å². The van der Waals surface area contributed by atoms with E-state index in [1.165, 1.54) is 0 Å². The summed E-state index contributed by atoms with van der Waals surface area (Å²) < 4.78 is 0. The van der Waals surface area contributed by atoms with Gasteiger partial charge in [0.2, 0.25) is 0 Å². The van der Waals surface area contributed by atoms with E-state index in [0.29, 0.717) is 12.1 Å². The van der Waals surface area contributed by atoms with E-state index < -0.39 is 0 Å². The van der Waals surface area contributed by atoms with Crippen LogP contribution < -0.4 is 10.4 Å². The van der Waals surface area contributed by atoms with E-state index in [1.54, 1.807) is 24.3 Å². The van der Waals surface area contributed by atoms with E-state index in [9.17, 15) is 5.11 Å². The third-order valence-electron chi connectivity index (χ3n) is 1.88. The van der Waals surface area contributed by atoms with Crippen LogP contribution in [0.15, 0.2) is 66.1 Å². The van der Waals surface area contributed by atoms with E-state index in [1.807, 2.05) is 30.3 Å². The molecule has 3 nitrogen and oxygen atoms in total. The van der Waals surface area contributed by atoms with Crippen LogP contribution in [0.25, 0.3) is 0 Å². The molecule has 1 aromatic rings. The zero-order valence-electron chi connectivity index (χ0n) is 9.32. The van der Waals surface area contributed by atoms with Crippen molar-refractivity contribution in [3.8, 4) is 0 Å². The van der Waals surface area contributed by atoms with Crippen molar-refractivity contribution in [2.24, 2.45) is 0 Å². The van der Waals surface area contributed by atoms with E-state index in [2.05, 4.69) is 5.32 Å². The first-order chi connectivity index (χ1) is 7.84. The van der Waals surface area contributed by atoms with Crippen molar-refractivity contribution in [2.75, 3.05) is 13.2 Å². The van der Waals surface area contributed by atoms with Gasteiger partial charge in [-0.3, -0.25) is 0 Å². The molecule has 4 heteroatoms. The van der Waals surface area contributed by atoms with Crippen molar-refractivity contribution < 1.29 is 27.3 Å². The fourth-order valence-electron chi connectivity index (χ4n) is 1.12. The van der Waals surface area contributed by atoms with Gasteiger partial charge in [-0.15, -0.1) is 0 Å². The number of aliphatic hydroxyl groups is 1. The van der Waals surface area contributed by atoms with Crippen LogP contribution in [0.5, 0.6) is 0 Å². The molecule has 2 rings (SSSR count). The average Bonchev–Trinajstić information content (AvgIpc) is 2.98. The summed E-state index contributed by atoms with van der Waals surface area (Å²) in [5, 5.41) is 22.0. The van der Waals surface area contributed by atoms with Gasteiger partial charge in [-0.25, -0.2) is 12.1 Å². The smallest absolute Gasteiger partial charge is 0.860 e. The van der Waals surface area contributed by atoms with Crippen molar-refractivity contribution in [3.63, 3.8) is 0 Å². The van der Waals surface area contributed by atoms with E-state index >= 15 is 0 Å². The summed E-state index contributed by atoms with van der Waals surface area (Å²) in [6, 6.07) is 10.0. The Labute approximate surface area is 112 Å². The molecule has 92 valence electrons. The summed E-state index contributed by atoms with van der Waals surface area (Å²) in [6.07, 6.45) is 7.06. The van der Waals surface area contributed by atoms with Gasteiger partial charge in [0.05, 0.1) is 6.61 Å². The summed E-state index contributed by atoms with van der Waals surface area (Å²) in [6.45, 7) is 0.288. The summed E-state index contributed by atoms with van der Waals surface area (Å²) in [5.41, 5.74) is 0.637. The fraction of sp³-hybridized carbons (Fsp3) is 0.154. The summed E-state index contributed by atoms with van der Waals surface area (Å²) in [7, 11) is 0. The number of nitrogens with one attached hydrogen (secondary N) is 1. The molecule has 2 N–H and O–H groups in total. The summed E-state index contributed by atoms with van der Waals surface area (Å²) in [4.78, 5) is 0. The Bertz CT molecular complexity index is 336. The topological polar surface area (TPSA) is 55.3 Å². The largest absolute Gasteiger partial charge is 2.00 e. The van der Waals surface area contributed by atoms with Gasteiger partial charge in [-0.1, -0.05) is 24.3 Å². The quantitative estimate of drug-likeness (QED) is 0.483. The fourth-order valence-corrected chi connectivity index (χ4v) is 1.12. The zero-order chi connectivity index (χ0) is 11.6. The normalized spacial score (nSPS) is 11.5. The van der Waals surface area contributed by atoms with Gasteiger partial charge in [0.15, 0.2) is 0 Å². The molecule has 0 aliphatic heterocycles. The summed E-state index contributed by atoms with van der Waals surface area (Å²) in [5.74, 6) is -0.135. The maximum absolute atomic E-state index is 11.0. The second-order valence-corrected chi connectivity index (χ2v) is 3.12. The van der Waals surface area contributed by atoms with Crippen molar-refractivity contribution in [1.29, 1.82) is 0 Å². The van der Waals surface area contributed by atoms with Crippen LogP contribution >= 0.6 is 0 Å². The van der Waals surface area contributed by atoms with Crippen LogP contribution in [0.3, 0.4) is 0 Å². The van der Waals surface area contributed by atoms with Crippen molar-refractivity contribution >= 4 is 0 Å². The van der Waals surface area contributed by atoms with Crippen LogP contribution in [0.4, 0.5) is 0 Å². The molecule has 0 saturated heterocycles. The molecule has 0 bridgehead atoms. The predicted molar refractivity (Wildman–Crippen MR) is 62.4 cm³/mol. The van der Waals surface area contributed by atoms with Crippen molar-refractivity contribution in [2.45, 2.75) is 0 Å². The predicted octanol–water partition coefficient (Wildman–Crippen LogP) is 0.669. The number of rotatable bonds is 3. The first kappa shape index (κ1) is 15.6. The molecule has 1 aliphatic rings. The molecule has 0 heterocycles. The van der Waals surface area contributed by atoms with Crippen LogP contribution in [-0.2, 0) is 17.1 Å². The third kappa shape index (κ3) is 6.74. The van der Waals surface area contributed by atoms with Crippen LogP contribution in [0, 0.1) is 0 Å². The minimum atomic E-state index is -0.135. The van der Waals surface area contributed by atoms with Crippen molar-refractivity contribution in [3.05, 3.63) is 66.1 Å². The average molecular weight is 273 g/mol. The molecule has 17 heavy (non-hydrogen) atoms. The Morgan fingerprint density at radius 1 is 1.24 bits per heavy atom. The molecule has 0 saturated carbocycles. The maximum atomic E-state index is 11.0.